The van der Waals surface area contributed by atoms with Crippen molar-refractivity contribution in [2.24, 2.45) is 5.73 Å². The Morgan fingerprint density at radius 1 is 1.27 bits per heavy atom. The summed E-state index contributed by atoms with van der Waals surface area (Å²) in [6.45, 7) is 0.230. The number of nitro benzene ring substituents is 1. The number of ketones is 1. The predicted octanol–water partition coefficient (Wildman–Crippen LogP) is 4.67. The average Bonchev–Trinajstić information content (AvgIpc) is 2.81. The Balaban J connectivity index is 1.62. The molecule has 2 aromatic rings. The van der Waals surface area contributed by atoms with E-state index in [9.17, 15) is 20.2 Å². The van der Waals surface area contributed by atoms with Gasteiger partial charge in [-0.15, -0.1) is 0 Å². The molecule has 4 rings (SSSR count). The number of allylic oxidation sites excluding steroid dienone is 3. The summed E-state index contributed by atoms with van der Waals surface area (Å²) in [5.41, 5.74) is 9.75. The fraction of sp³-hybridized carbons (Fsp3) is 0.250. The van der Waals surface area contributed by atoms with Crippen molar-refractivity contribution in [3.8, 4) is 11.8 Å². The molecule has 1 heterocycles. The molecule has 9 heteroatoms. The molecule has 0 aromatic heterocycles. The molecule has 8 nitrogen and oxygen atoms in total. The van der Waals surface area contributed by atoms with Crippen LogP contribution in [0.25, 0.3) is 0 Å². The van der Waals surface area contributed by atoms with Crippen molar-refractivity contribution < 1.29 is 14.5 Å². The molecule has 1 aliphatic heterocycles. The molecule has 1 aliphatic carbocycles. The van der Waals surface area contributed by atoms with E-state index >= 15 is 0 Å². The fourth-order valence-electron chi connectivity index (χ4n) is 4.28. The molecule has 0 unspecified atom stereocenters. The number of carbonyl (C=O) groups excluding carboxylic acids is 1. The van der Waals surface area contributed by atoms with Crippen molar-refractivity contribution in [3.05, 3.63) is 90.8 Å². The van der Waals surface area contributed by atoms with E-state index in [-0.39, 0.29) is 18.1 Å². The second-order valence-corrected chi connectivity index (χ2v) is 8.80. The number of nitro groups is 1. The summed E-state index contributed by atoms with van der Waals surface area (Å²) in [6, 6.07) is 13.8. The van der Waals surface area contributed by atoms with Crippen LogP contribution < -0.4 is 10.5 Å². The highest BCUT2D eigenvalue weighted by Crippen LogP contribution is 2.45. The minimum absolute atomic E-state index is 0.0222. The number of hydrogen-bond donors (Lipinski definition) is 1. The van der Waals surface area contributed by atoms with Crippen molar-refractivity contribution in [2.75, 3.05) is 7.05 Å². The number of hydrogen-bond acceptors (Lipinski definition) is 7. The topological polar surface area (TPSA) is 122 Å². The normalized spacial score (nSPS) is 18.2. The molecule has 168 valence electrons. The van der Waals surface area contributed by atoms with Gasteiger partial charge in [0, 0.05) is 36.9 Å². The molecule has 0 bridgehead atoms. The minimum atomic E-state index is -0.519. The maximum Gasteiger partial charge on any atom is 0.269 e. The third-order valence-electron chi connectivity index (χ3n) is 6.00. The summed E-state index contributed by atoms with van der Waals surface area (Å²) in [5, 5.41) is 20.6. The number of nitrogens with zero attached hydrogens (tertiary/aromatic N) is 3. The van der Waals surface area contributed by atoms with Gasteiger partial charge < -0.3 is 15.4 Å². The molecule has 0 fully saturated rings. The summed E-state index contributed by atoms with van der Waals surface area (Å²) in [5.74, 6) is 0.465. The van der Waals surface area contributed by atoms with Gasteiger partial charge in [-0.3, -0.25) is 14.9 Å². The Labute approximate surface area is 199 Å². The van der Waals surface area contributed by atoms with Crippen molar-refractivity contribution in [1.82, 2.24) is 4.90 Å². The SMILES string of the molecule is CN1C(N)=C(C#N)[C@H](c2ccc(OCc3ccc([N+](=O)[O-])cc3)c(Br)c2)C2=C1CCCC2=O. The number of nitriles is 1. The lowest BCUT2D eigenvalue weighted by Gasteiger charge is -2.37. The highest BCUT2D eigenvalue weighted by Gasteiger charge is 2.38. The number of carbonyl (C=O) groups is 1. The van der Waals surface area contributed by atoms with Crippen LogP contribution in [0.2, 0.25) is 0 Å². The molecular weight excluding hydrogens is 488 g/mol. The number of rotatable bonds is 5. The summed E-state index contributed by atoms with van der Waals surface area (Å²) in [7, 11) is 1.79. The first-order chi connectivity index (χ1) is 15.8. The predicted molar refractivity (Wildman–Crippen MR) is 125 cm³/mol. The van der Waals surface area contributed by atoms with Gasteiger partial charge in [-0.25, -0.2) is 0 Å². The van der Waals surface area contributed by atoms with Crippen molar-refractivity contribution >= 4 is 27.4 Å². The first-order valence-electron chi connectivity index (χ1n) is 10.4. The van der Waals surface area contributed by atoms with E-state index in [4.69, 9.17) is 10.5 Å². The van der Waals surface area contributed by atoms with Crippen LogP contribution in [0.5, 0.6) is 5.75 Å². The standard InChI is InChI=1S/C24H21BrN4O4/c1-28-19-3-2-4-20(30)23(19)22(17(12-26)24(28)27)15-7-10-21(18(25)11-15)33-13-14-5-8-16(9-6-14)29(31)32/h5-11,22H,2-4,13,27H2,1H3/t22-/m0/s1. The van der Waals surface area contributed by atoms with Crippen molar-refractivity contribution in [2.45, 2.75) is 31.8 Å². The van der Waals surface area contributed by atoms with Crippen molar-refractivity contribution in [1.29, 1.82) is 5.26 Å². The van der Waals surface area contributed by atoms with Gasteiger partial charge in [0.05, 0.1) is 27.0 Å². The largest absolute Gasteiger partial charge is 0.488 e. The van der Waals surface area contributed by atoms with Crippen LogP contribution in [0.3, 0.4) is 0 Å². The summed E-state index contributed by atoms with van der Waals surface area (Å²) < 4.78 is 6.55. The molecule has 0 saturated heterocycles. The lowest BCUT2D eigenvalue weighted by molar-refractivity contribution is -0.384. The van der Waals surface area contributed by atoms with Crippen LogP contribution in [0, 0.1) is 21.4 Å². The fourth-order valence-corrected chi connectivity index (χ4v) is 4.80. The lowest BCUT2D eigenvalue weighted by Crippen LogP contribution is -2.36. The van der Waals surface area contributed by atoms with Crippen molar-refractivity contribution in [3.63, 3.8) is 0 Å². The number of non-ortho nitro benzene ring substituents is 1. The molecule has 0 amide bonds. The van der Waals surface area contributed by atoms with E-state index in [0.29, 0.717) is 33.6 Å². The highest BCUT2D eigenvalue weighted by atomic mass is 79.9. The average molecular weight is 509 g/mol. The van der Waals surface area contributed by atoms with Gasteiger partial charge in [-0.2, -0.15) is 5.26 Å². The van der Waals surface area contributed by atoms with Crippen LogP contribution in [-0.4, -0.2) is 22.7 Å². The maximum atomic E-state index is 12.9. The minimum Gasteiger partial charge on any atom is -0.488 e. The van der Waals surface area contributed by atoms with Crippen LogP contribution in [0.1, 0.15) is 36.3 Å². The Morgan fingerprint density at radius 2 is 2.00 bits per heavy atom. The quantitative estimate of drug-likeness (QED) is 0.459. The van der Waals surface area contributed by atoms with E-state index in [0.717, 1.165) is 29.7 Å². The zero-order chi connectivity index (χ0) is 23.7. The van der Waals surface area contributed by atoms with Gasteiger partial charge >= 0.3 is 0 Å². The number of Topliss-reactive ketones (excluding diaryl/α,β-unsaturated/α-hetero) is 1. The number of nitrogens with two attached hydrogens (primary N) is 1. The van der Waals surface area contributed by atoms with Crippen LogP contribution in [-0.2, 0) is 11.4 Å². The lowest BCUT2D eigenvalue weighted by atomic mass is 9.76. The van der Waals surface area contributed by atoms with E-state index in [1.807, 2.05) is 12.1 Å². The Bertz CT molecular complexity index is 1240. The first-order valence-corrected chi connectivity index (χ1v) is 11.2. The zero-order valence-electron chi connectivity index (χ0n) is 17.9. The molecule has 0 radical (unpaired) electrons. The summed E-state index contributed by atoms with van der Waals surface area (Å²) in [4.78, 5) is 25.0. The van der Waals surface area contributed by atoms with Crippen LogP contribution in [0.4, 0.5) is 5.69 Å². The highest BCUT2D eigenvalue weighted by molar-refractivity contribution is 9.10. The third kappa shape index (κ3) is 4.22. The monoisotopic (exact) mass is 508 g/mol. The van der Waals surface area contributed by atoms with Gasteiger partial charge in [0.25, 0.3) is 5.69 Å². The van der Waals surface area contributed by atoms with Gasteiger partial charge in [0.15, 0.2) is 5.78 Å². The van der Waals surface area contributed by atoms with E-state index in [1.165, 1.54) is 12.1 Å². The van der Waals surface area contributed by atoms with Gasteiger partial charge in [0.2, 0.25) is 0 Å². The van der Waals surface area contributed by atoms with Crippen LogP contribution in [0.15, 0.2) is 69.6 Å². The Hall–Kier alpha value is -3.64. The molecule has 0 spiro atoms. The summed E-state index contributed by atoms with van der Waals surface area (Å²) >= 11 is 3.53. The van der Waals surface area contributed by atoms with Gasteiger partial charge in [0.1, 0.15) is 18.2 Å². The number of ether oxygens (including phenoxy) is 1. The maximum absolute atomic E-state index is 12.9. The molecule has 1 atom stereocenters. The van der Waals surface area contributed by atoms with E-state index in [1.54, 1.807) is 30.1 Å². The Kier molecular flexibility index (Phi) is 6.20. The zero-order valence-corrected chi connectivity index (χ0v) is 19.5. The van der Waals surface area contributed by atoms with Crippen LogP contribution >= 0.6 is 15.9 Å². The summed E-state index contributed by atoms with van der Waals surface area (Å²) in [6.07, 6.45) is 1.97. The molecule has 33 heavy (non-hydrogen) atoms. The second-order valence-electron chi connectivity index (χ2n) is 7.94. The smallest absolute Gasteiger partial charge is 0.269 e. The Morgan fingerprint density at radius 3 is 2.64 bits per heavy atom. The molecule has 2 N–H and O–H groups in total. The number of halogens is 1. The van der Waals surface area contributed by atoms with Gasteiger partial charge in [-0.05, 0) is 64.2 Å². The molecular formula is C24H21BrN4O4. The molecule has 2 aliphatic rings. The second kappa shape index (κ2) is 9.08. The third-order valence-corrected chi connectivity index (χ3v) is 6.62. The van der Waals surface area contributed by atoms with E-state index < -0.39 is 10.8 Å². The molecule has 2 aromatic carbocycles. The van der Waals surface area contributed by atoms with E-state index in [2.05, 4.69) is 22.0 Å². The number of benzene rings is 2. The first kappa shape index (κ1) is 22.6. The molecule has 0 saturated carbocycles. The van der Waals surface area contributed by atoms with Gasteiger partial charge in [-0.1, -0.05) is 6.07 Å².